The maximum Gasteiger partial charge on any atom is 0.312 e. The molecule has 80 valence electrons. The van der Waals surface area contributed by atoms with Gasteiger partial charge in [0, 0.05) is 6.04 Å². The number of imidazole rings is 1. The van der Waals surface area contributed by atoms with Crippen LogP contribution in [0.3, 0.4) is 0 Å². The summed E-state index contributed by atoms with van der Waals surface area (Å²) in [6.45, 7) is 4.04. The molecule has 0 bridgehead atoms. The van der Waals surface area contributed by atoms with Crippen LogP contribution in [0.1, 0.15) is 20.3 Å². The molecule has 0 aliphatic rings. The average molecular weight is 209 g/mol. The van der Waals surface area contributed by atoms with E-state index in [1.165, 1.54) is 6.33 Å². The molecule has 0 radical (unpaired) electrons. The van der Waals surface area contributed by atoms with Gasteiger partial charge in [-0.2, -0.15) is 14.4 Å². The molecule has 0 saturated heterocycles. The lowest BCUT2D eigenvalue weighted by molar-refractivity contribution is 0.544. The van der Waals surface area contributed by atoms with Crippen LogP contribution in [-0.2, 0) is 0 Å². The molecular formula is C9H12FN5. The second-order valence-corrected chi connectivity index (χ2v) is 3.40. The number of aromatic amines is 1. The first-order valence-electron chi connectivity index (χ1n) is 4.84. The number of rotatable bonds is 3. The molecule has 2 aromatic rings. The fourth-order valence-corrected chi connectivity index (χ4v) is 1.25. The average Bonchev–Trinajstić information content (AvgIpc) is 2.65. The molecule has 0 amide bonds. The minimum Gasteiger partial charge on any atom is -0.366 e. The largest absolute Gasteiger partial charge is 0.366 e. The third-order valence-electron chi connectivity index (χ3n) is 2.25. The lowest BCUT2D eigenvalue weighted by atomic mass is 10.2. The van der Waals surface area contributed by atoms with Gasteiger partial charge in [-0.15, -0.1) is 0 Å². The van der Waals surface area contributed by atoms with Crippen molar-refractivity contribution in [2.45, 2.75) is 26.3 Å². The summed E-state index contributed by atoms with van der Waals surface area (Å²) in [7, 11) is 0. The van der Waals surface area contributed by atoms with Gasteiger partial charge in [-0.1, -0.05) is 6.92 Å². The number of nitrogens with one attached hydrogen (secondary N) is 2. The van der Waals surface area contributed by atoms with Crippen molar-refractivity contribution in [3.05, 3.63) is 12.4 Å². The molecule has 0 saturated carbocycles. The number of aromatic nitrogens is 4. The first kappa shape index (κ1) is 9.82. The molecule has 2 rings (SSSR count). The molecule has 2 aromatic heterocycles. The minimum absolute atomic E-state index is 0.228. The highest BCUT2D eigenvalue weighted by molar-refractivity contribution is 5.82. The molecule has 0 unspecified atom stereocenters. The van der Waals surface area contributed by atoms with E-state index in [4.69, 9.17) is 0 Å². The van der Waals surface area contributed by atoms with Crippen LogP contribution >= 0.6 is 0 Å². The van der Waals surface area contributed by atoms with Crippen LogP contribution in [-0.4, -0.2) is 26.0 Å². The Morgan fingerprint density at radius 1 is 1.53 bits per heavy atom. The molecule has 0 aromatic carbocycles. The zero-order valence-corrected chi connectivity index (χ0v) is 8.58. The van der Waals surface area contributed by atoms with Crippen molar-refractivity contribution >= 4 is 17.0 Å². The van der Waals surface area contributed by atoms with Crippen LogP contribution in [0.15, 0.2) is 6.33 Å². The summed E-state index contributed by atoms with van der Waals surface area (Å²) >= 11 is 0. The van der Waals surface area contributed by atoms with Gasteiger partial charge in [0.25, 0.3) is 0 Å². The topological polar surface area (TPSA) is 66.5 Å². The molecule has 0 aliphatic carbocycles. The van der Waals surface area contributed by atoms with Gasteiger partial charge in [-0.05, 0) is 13.3 Å². The van der Waals surface area contributed by atoms with Crippen LogP contribution in [0, 0.1) is 6.08 Å². The van der Waals surface area contributed by atoms with Crippen molar-refractivity contribution in [1.29, 1.82) is 0 Å². The van der Waals surface area contributed by atoms with Gasteiger partial charge in [0.2, 0.25) is 0 Å². The van der Waals surface area contributed by atoms with Crippen molar-refractivity contribution < 1.29 is 4.39 Å². The Kier molecular flexibility index (Phi) is 2.49. The van der Waals surface area contributed by atoms with Gasteiger partial charge in [-0.25, -0.2) is 4.98 Å². The maximum absolute atomic E-state index is 13.0. The molecule has 0 spiro atoms. The fraction of sp³-hybridized carbons (Fsp3) is 0.444. The summed E-state index contributed by atoms with van der Waals surface area (Å²) < 4.78 is 13.0. The van der Waals surface area contributed by atoms with Gasteiger partial charge in [0.15, 0.2) is 11.5 Å². The Bertz CT molecular complexity index is 466. The number of anilines is 1. The fourth-order valence-electron chi connectivity index (χ4n) is 1.25. The third-order valence-corrected chi connectivity index (χ3v) is 2.25. The highest BCUT2D eigenvalue weighted by atomic mass is 19.1. The second-order valence-electron chi connectivity index (χ2n) is 3.40. The van der Waals surface area contributed by atoms with Crippen LogP contribution in [0.4, 0.5) is 10.2 Å². The molecular weight excluding hydrogens is 197 g/mol. The first-order chi connectivity index (χ1) is 7.20. The number of fused-ring (bicyclic) bond motifs is 1. The van der Waals surface area contributed by atoms with E-state index in [1.807, 2.05) is 13.8 Å². The van der Waals surface area contributed by atoms with Crippen LogP contribution in [0.25, 0.3) is 11.2 Å². The SMILES string of the molecule is CC[C@H](C)Nc1nc(F)nc2nc[nH]c12. The molecule has 0 aliphatic heterocycles. The monoisotopic (exact) mass is 209 g/mol. The Morgan fingerprint density at radius 3 is 3.07 bits per heavy atom. The number of H-pyrrole nitrogens is 1. The smallest absolute Gasteiger partial charge is 0.312 e. The molecule has 0 fully saturated rings. The Hall–Kier alpha value is -1.72. The quantitative estimate of drug-likeness (QED) is 0.755. The van der Waals surface area contributed by atoms with Crippen molar-refractivity contribution in [2.24, 2.45) is 0 Å². The Morgan fingerprint density at radius 2 is 2.33 bits per heavy atom. The zero-order chi connectivity index (χ0) is 10.8. The van der Waals surface area contributed by atoms with Gasteiger partial charge in [-0.3, -0.25) is 0 Å². The van der Waals surface area contributed by atoms with Gasteiger partial charge in [0.1, 0.15) is 5.52 Å². The van der Waals surface area contributed by atoms with E-state index >= 15 is 0 Å². The standard InChI is InChI=1S/C9H12FN5/c1-3-5(2)13-8-6-7(12-4-11-6)14-9(10)15-8/h4-5H,3H2,1-2H3,(H2,11,12,13,14,15)/t5-/m0/s1. The number of hydrogen-bond donors (Lipinski definition) is 2. The Balaban J connectivity index is 2.44. The van der Waals surface area contributed by atoms with Gasteiger partial charge in [0.05, 0.1) is 6.33 Å². The lowest BCUT2D eigenvalue weighted by Crippen LogP contribution is -2.15. The van der Waals surface area contributed by atoms with Gasteiger partial charge >= 0.3 is 6.08 Å². The zero-order valence-electron chi connectivity index (χ0n) is 8.58. The summed E-state index contributed by atoms with van der Waals surface area (Å²) in [6, 6.07) is 0.228. The van der Waals surface area contributed by atoms with E-state index in [2.05, 4.69) is 25.3 Å². The second kappa shape index (κ2) is 3.80. The van der Waals surface area contributed by atoms with Crippen LogP contribution in [0.5, 0.6) is 0 Å². The summed E-state index contributed by atoms with van der Waals surface area (Å²) in [6.07, 6.45) is 1.64. The molecule has 2 N–H and O–H groups in total. The van der Waals surface area contributed by atoms with E-state index in [9.17, 15) is 4.39 Å². The van der Waals surface area contributed by atoms with Crippen LogP contribution < -0.4 is 5.32 Å². The molecule has 15 heavy (non-hydrogen) atoms. The van der Waals surface area contributed by atoms with Crippen molar-refractivity contribution in [2.75, 3.05) is 5.32 Å². The normalized spacial score (nSPS) is 13.0. The van der Waals surface area contributed by atoms with E-state index in [1.54, 1.807) is 0 Å². The minimum atomic E-state index is -0.764. The summed E-state index contributed by atoms with van der Waals surface area (Å²) in [5.41, 5.74) is 0.977. The van der Waals surface area contributed by atoms with E-state index in [0.717, 1.165) is 6.42 Å². The van der Waals surface area contributed by atoms with Crippen molar-refractivity contribution in [1.82, 2.24) is 19.9 Å². The highest BCUT2D eigenvalue weighted by Crippen LogP contribution is 2.17. The van der Waals surface area contributed by atoms with Crippen molar-refractivity contribution in [3.8, 4) is 0 Å². The summed E-state index contributed by atoms with van der Waals surface area (Å²) in [4.78, 5) is 14.0. The van der Waals surface area contributed by atoms with E-state index in [-0.39, 0.29) is 6.04 Å². The first-order valence-corrected chi connectivity index (χ1v) is 4.84. The molecule has 6 heteroatoms. The summed E-state index contributed by atoms with van der Waals surface area (Å²) in [5.74, 6) is 0.462. The van der Waals surface area contributed by atoms with Crippen LogP contribution in [0.2, 0.25) is 0 Å². The van der Waals surface area contributed by atoms with Crippen molar-refractivity contribution in [3.63, 3.8) is 0 Å². The number of nitrogens with zero attached hydrogens (tertiary/aromatic N) is 3. The van der Waals surface area contributed by atoms with E-state index in [0.29, 0.717) is 17.0 Å². The number of hydrogen-bond acceptors (Lipinski definition) is 4. The molecule has 1 atom stereocenters. The summed E-state index contributed by atoms with van der Waals surface area (Å²) in [5, 5.41) is 3.10. The third kappa shape index (κ3) is 1.88. The predicted octanol–water partition coefficient (Wildman–Crippen LogP) is 1.70. The molecule has 2 heterocycles. The predicted molar refractivity (Wildman–Crippen MR) is 55.0 cm³/mol. The van der Waals surface area contributed by atoms with Gasteiger partial charge < -0.3 is 10.3 Å². The molecule has 5 nitrogen and oxygen atoms in total. The highest BCUT2D eigenvalue weighted by Gasteiger charge is 2.10. The Labute approximate surface area is 86.2 Å². The van der Waals surface area contributed by atoms with E-state index < -0.39 is 6.08 Å². The number of halogens is 1. The lowest BCUT2D eigenvalue weighted by Gasteiger charge is -2.11. The maximum atomic E-state index is 13.0.